The number of carbonyl (C=O) groups is 1. The first-order valence-corrected chi connectivity index (χ1v) is 6.44. The van der Waals surface area contributed by atoms with Gasteiger partial charge in [0.05, 0.1) is 12.5 Å². The predicted octanol–water partition coefficient (Wildman–Crippen LogP) is 3.52. The Morgan fingerprint density at radius 2 is 1.78 bits per heavy atom. The minimum Gasteiger partial charge on any atom is -0.497 e. The van der Waals surface area contributed by atoms with Crippen LogP contribution in [0, 0.1) is 5.41 Å². The van der Waals surface area contributed by atoms with Crippen LogP contribution in [0.5, 0.6) is 5.75 Å². The molecule has 0 saturated carbocycles. The highest BCUT2D eigenvalue weighted by Crippen LogP contribution is 2.32. The molecule has 0 saturated heterocycles. The molecule has 1 aromatic carbocycles. The molecule has 0 fully saturated rings. The quantitative estimate of drug-likeness (QED) is 0.805. The van der Waals surface area contributed by atoms with Crippen LogP contribution in [-0.4, -0.2) is 18.2 Å². The molecule has 0 spiro atoms. The Bertz CT molecular complexity index is 377. The fourth-order valence-electron chi connectivity index (χ4n) is 2.19. The van der Waals surface area contributed by atoms with Gasteiger partial charge in [-0.1, -0.05) is 26.0 Å². The lowest BCUT2D eigenvalue weighted by Gasteiger charge is -2.26. The number of hydrogen-bond donors (Lipinski definition) is 1. The van der Waals surface area contributed by atoms with Crippen LogP contribution in [0.2, 0.25) is 0 Å². The number of hydrogen-bond acceptors (Lipinski definition) is 2. The summed E-state index contributed by atoms with van der Waals surface area (Å²) in [6.07, 6.45) is 2.82. The van der Waals surface area contributed by atoms with Crippen LogP contribution in [0.25, 0.3) is 0 Å². The Morgan fingerprint density at radius 1 is 1.22 bits per heavy atom. The van der Waals surface area contributed by atoms with Crippen molar-refractivity contribution in [1.29, 1.82) is 0 Å². The summed E-state index contributed by atoms with van der Waals surface area (Å²) in [6, 6.07) is 7.82. The summed E-state index contributed by atoms with van der Waals surface area (Å²) >= 11 is 0. The van der Waals surface area contributed by atoms with Crippen molar-refractivity contribution in [3.8, 4) is 5.75 Å². The highest BCUT2D eigenvalue weighted by molar-refractivity contribution is 5.74. The number of rotatable bonds is 7. The predicted molar refractivity (Wildman–Crippen MR) is 72.0 cm³/mol. The van der Waals surface area contributed by atoms with Crippen LogP contribution in [0.15, 0.2) is 24.3 Å². The molecule has 3 heteroatoms. The SMILES string of the molecule is CCC(CC)(CCc1ccc(OC)cc1)C(=O)O. The average Bonchev–Trinajstić information content (AvgIpc) is 2.41. The third kappa shape index (κ3) is 3.25. The summed E-state index contributed by atoms with van der Waals surface area (Å²) in [5.74, 6) is 0.148. The number of carboxylic acid groups (broad SMARTS) is 1. The molecule has 0 unspecified atom stereocenters. The first-order chi connectivity index (χ1) is 8.57. The summed E-state index contributed by atoms with van der Waals surface area (Å²) in [5, 5.41) is 9.36. The molecule has 1 rings (SSSR count). The van der Waals surface area contributed by atoms with E-state index in [-0.39, 0.29) is 0 Å². The van der Waals surface area contributed by atoms with E-state index in [4.69, 9.17) is 4.74 Å². The number of aryl methyl sites for hydroxylation is 1. The second kappa shape index (κ2) is 6.43. The number of aliphatic carboxylic acids is 1. The van der Waals surface area contributed by atoms with Gasteiger partial charge in [-0.3, -0.25) is 4.79 Å². The van der Waals surface area contributed by atoms with Crippen molar-refractivity contribution in [3.63, 3.8) is 0 Å². The Balaban J connectivity index is 2.69. The molecule has 0 radical (unpaired) electrons. The van der Waals surface area contributed by atoms with E-state index in [1.54, 1.807) is 7.11 Å². The first-order valence-electron chi connectivity index (χ1n) is 6.44. The molecule has 0 atom stereocenters. The zero-order valence-electron chi connectivity index (χ0n) is 11.4. The molecule has 0 aromatic heterocycles. The van der Waals surface area contributed by atoms with E-state index in [0.717, 1.165) is 17.7 Å². The maximum atomic E-state index is 11.4. The fourth-order valence-corrected chi connectivity index (χ4v) is 2.19. The Morgan fingerprint density at radius 3 is 2.17 bits per heavy atom. The number of ether oxygens (including phenoxy) is 1. The van der Waals surface area contributed by atoms with E-state index in [9.17, 15) is 9.90 Å². The molecule has 100 valence electrons. The van der Waals surface area contributed by atoms with E-state index < -0.39 is 11.4 Å². The summed E-state index contributed by atoms with van der Waals surface area (Å²) in [4.78, 5) is 11.4. The second-order valence-corrected chi connectivity index (χ2v) is 4.64. The van der Waals surface area contributed by atoms with Crippen molar-refractivity contribution in [2.75, 3.05) is 7.11 Å². The Hall–Kier alpha value is -1.51. The van der Waals surface area contributed by atoms with Crippen LogP contribution in [0.4, 0.5) is 0 Å². The van der Waals surface area contributed by atoms with Gasteiger partial charge >= 0.3 is 5.97 Å². The van der Waals surface area contributed by atoms with Gasteiger partial charge in [0.1, 0.15) is 5.75 Å². The third-order valence-corrected chi connectivity index (χ3v) is 3.86. The van der Waals surface area contributed by atoms with Gasteiger partial charge in [0.2, 0.25) is 0 Å². The maximum Gasteiger partial charge on any atom is 0.309 e. The molecule has 0 amide bonds. The van der Waals surface area contributed by atoms with Crippen molar-refractivity contribution in [2.24, 2.45) is 5.41 Å². The standard InChI is InChI=1S/C15H22O3/c1-4-15(5-2,14(16)17)11-10-12-6-8-13(18-3)9-7-12/h6-9H,4-5,10-11H2,1-3H3,(H,16,17). The van der Waals surface area contributed by atoms with Crippen LogP contribution < -0.4 is 4.74 Å². The van der Waals surface area contributed by atoms with Crippen molar-refractivity contribution in [1.82, 2.24) is 0 Å². The van der Waals surface area contributed by atoms with E-state index in [1.165, 1.54) is 0 Å². The molecule has 18 heavy (non-hydrogen) atoms. The lowest BCUT2D eigenvalue weighted by Crippen LogP contribution is -2.30. The van der Waals surface area contributed by atoms with Crippen LogP contribution >= 0.6 is 0 Å². The van der Waals surface area contributed by atoms with Gasteiger partial charge in [-0.05, 0) is 43.4 Å². The lowest BCUT2D eigenvalue weighted by atomic mass is 9.77. The highest BCUT2D eigenvalue weighted by atomic mass is 16.5. The molecular weight excluding hydrogens is 228 g/mol. The topological polar surface area (TPSA) is 46.5 Å². The molecule has 1 N–H and O–H groups in total. The van der Waals surface area contributed by atoms with Crippen LogP contribution in [0.1, 0.15) is 38.7 Å². The van der Waals surface area contributed by atoms with Gasteiger partial charge in [-0.25, -0.2) is 0 Å². The van der Waals surface area contributed by atoms with Crippen LogP contribution in [0.3, 0.4) is 0 Å². The monoisotopic (exact) mass is 250 g/mol. The summed E-state index contributed by atoms with van der Waals surface area (Å²) in [7, 11) is 1.64. The zero-order valence-corrected chi connectivity index (χ0v) is 11.4. The smallest absolute Gasteiger partial charge is 0.309 e. The van der Waals surface area contributed by atoms with E-state index in [0.29, 0.717) is 19.3 Å². The highest BCUT2D eigenvalue weighted by Gasteiger charge is 2.34. The molecule has 0 heterocycles. The molecule has 0 bridgehead atoms. The van der Waals surface area contributed by atoms with Crippen molar-refractivity contribution in [2.45, 2.75) is 39.5 Å². The summed E-state index contributed by atoms with van der Waals surface area (Å²) in [5.41, 5.74) is 0.572. The average molecular weight is 250 g/mol. The van der Waals surface area contributed by atoms with Gasteiger partial charge in [0.25, 0.3) is 0 Å². The molecular formula is C15H22O3. The first kappa shape index (κ1) is 14.6. The van der Waals surface area contributed by atoms with Gasteiger partial charge in [-0.15, -0.1) is 0 Å². The molecule has 0 aliphatic heterocycles. The molecule has 0 aliphatic rings. The zero-order chi connectivity index (χ0) is 13.6. The Kier molecular flexibility index (Phi) is 5.20. The number of benzene rings is 1. The largest absolute Gasteiger partial charge is 0.497 e. The summed E-state index contributed by atoms with van der Waals surface area (Å²) in [6.45, 7) is 3.90. The third-order valence-electron chi connectivity index (χ3n) is 3.86. The number of carboxylic acids is 1. The van der Waals surface area contributed by atoms with Gasteiger partial charge in [-0.2, -0.15) is 0 Å². The molecule has 0 aliphatic carbocycles. The lowest BCUT2D eigenvalue weighted by molar-refractivity contribution is -0.149. The van der Waals surface area contributed by atoms with E-state index >= 15 is 0 Å². The van der Waals surface area contributed by atoms with Gasteiger partial charge in [0.15, 0.2) is 0 Å². The normalized spacial score (nSPS) is 11.3. The van der Waals surface area contributed by atoms with E-state index in [1.807, 2.05) is 38.1 Å². The van der Waals surface area contributed by atoms with Crippen molar-refractivity contribution < 1.29 is 14.6 Å². The molecule has 1 aromatic rings. The van der Waals surface area contributed by atoms with Gasteiger partial charge in [0, 0.05) is 0 Å². The van der Waals surface area contributed by atoms with Crippen molar-refractivity contribution in [3.05, 3.63) is 29.8 Å². The van der Waals surface area contributed by atoms with Crippen LogP contribution in [-0.2, 0) is 11.2 Å². The second-order valence-electron chi connectivity index (χ2n) is 4.64. The number of methoxy groups -OCH3 is 1. The van der Waals surface area contributed by atoms with Crippen molar-refractivity contribution >= 4 is 5.97 Å². The minimum absolute atomic E-state index is 0.583. The van der Waals surface area contributed by atoms with E-state index in [2.05, 4.69) is 0 Å². The summed E-state index contributed by atoms with van der Waals surface area (Å²) < 4.78 is 5.10. The molecule has 3 nitrogen and oxygen atoms in total. The Labute approximate surface area is 109 Å². The maximum absolute atomic E-state index is 11.4. The minimum atomic E-state index is -0.680. The fraction of sp³-hybridized carbons (Fsp3) is 0.533. The van der Waals surface area contributed by atoms with Gasteiger partial charge < -0.3 is 9.84 Å².